The van der Waals surface area contributed by atoms with Crippen LogP contribution in [0.25, 0.3) is 0 Å². The molecule has 1 aromatic rings. The number of carboxylic acid groups (broad SMARTS) is 1. The summed E-state index contributed by atoms with van der Waals surface area (Å²) < 4.78 is 0. The highest BCUT2D eigenvalue weighted by atomic mass is 16.4. The fraction of sp³-hybridized carbons (Fsp3) is 0.577. The Bertz CT molecular complexity index is 751. The Morgan fingerprint density at radius 2 is 1.64 bits per heavy atom. The van der Waals surface area contributed by atoms with Crippen molar-refractivity contribution >= 4 is 5.97 Å². The second kappa shape index (κ2) is 7.89. The lowest BCUT2D eigenvalue weighted by Gasteiger charge is -2.28. The molecule has 0 saturated heterocycles. The van der Waals surface area contributed by atoms with E-state index in [4.69, 9.17) is 5.11 Å². The van der Waals surface area contributed by atoms with E-state index in [1.807, 2.05) is 13.0 Å². The van der Waals surface area contributed by atoms with Gasteiger partial charge in [0.25, 0.3) is 0 Å². The minimum Gasteiger partial charge on any atom is -0.478 e. The van der Waals surface area contributed by atoms with Gasteiger partial charge >= 0.3 is 5.97 Å². The zero-order chi connectivity index (χ0) is 21.3. The van der Waals surface area contributed by atoms with Gasteiger partial charge in [0.15, 0.2) is 0 Å². The number of carboxylic acids is 1. The van der Waals surface area contributed by atoms with Crippen molar-refractivity contribution in [3.8, 4) is 0 Å². The molecule has 1 aliphatic carbocycles. The van der Waals surface area contributed by atoms with E-state index in [9.17, 15) is 4.79 Å². The lowest BCUT2D eigenvalue weighted by Crippen LogP contribution is -2.20. The first kappa shape index (κ1) is 22.5. The number of benzene rings is 1. The van der Waals surface area contributed by atoms with Gasteiger partial charge in [-0.3, -0.25) is 0 Å². The van der Waals surface area contributed by atoms with Crippen molar-refractivity contribution in [2.45, 2.75) is 90.9 Å². The molecule has 1 aromatic carbocycles. The van der Waals surface area contributed by atoms with Crippen LogP contribution >= 0.6 is 0 Å². The van der Waals surface area contributed by atoms with Crippen LogP contribution in [-0.4, -0.2) is 11.1 Å². The highest BCUT2D eigenvalue weighted by molar-refractivity contribution is 5.81. The fourth-order valence-electron chi connectivity index (χ4n) is 4.09. The van der Waals surface area contributed by atoms with Gasteiger partial charge in [0.1, 0.15) is 0 Å². The standard InChI is InChI=1S/C26H38O2/c1-9-12-26(17-19(26)11-10-18(2)13-23(27)28)22-15-20(24(3,4)5)14-21(16-22)25(6,7)8/h10-11,13-16,19H,9,12,17H2,1-8H3,(H,27,28)/b11-10+,18-13+/t19-,26+/m1/s1. The summed E-state index contributed by atoms with van der Waals surface area (Å²) in [6, 6.07) is 7.24. The molecule has 0 radical (unpaired) electrons. The molecule has 1 aliphatic rings. The zero-order valence-corrected chi connectivity index (χ0v) is 19.0. The molecular formula is C26H38O2. The molecule has 0 heterocycles. The number of allylic oxidation sites excluding steroid dienone is 3. The Hall–Kier alpha value is -1.83. The van der Waals surface area contributed by atoms with Gasteiger partial charge in [-0.25, -0.2) is 4.79 Å². The summed E-state index contributed by atoms with van der Waals surface area (Å²) in [5.74, 6) is -0.405. The van der Waals surface area contributed by atoms with Gasteiger partial charge in [0.05, 0.1) is 0 Å². The molecule has 2 nitrogen and oxygen atoms in total. The number of hydrogen-bond donors (Lipinski definition) is 1. The summed E-state index contributed by atoms with van der Waals surface area (Å²) in [6.45, 7) is 17.8. The molecule has 1 fully saturated rings. The van der Waals surface area contributed by atoms with Crippen LogP contribution in [0.3, 0.4) is 0 Å². The van der Waals surface area contributed by atoms with Crippen LogP contribution in [0.15, 0.2) is 42.0 Å². The van der Waals surface area contributed by atoms with Crippen molar-refractivity contribution in [3.63, 3.8) is 0 Å². The molecule has 0 amide bonds. The number of aliphatic carboxylic acids is 1. The van der Waals surface area contributed by atoms with Crippen LogP contribution in [0.5, 0.6) is 0 Å². The van der Waals surface area contributed by atoms with E-state index in [0.717, 1.165) is 18.4 Å². The number of hydrogen-bond acceptors (Lipinski definition) is 1. The topological polar surface area (TPSA) is 37.3 Å². The molecule has 0 spiro atoms. The highest BCUT2D eigenvalue weighted by Crippen LogP contribution is 2.59. The highest BCUT2D eigenvalue weighted by Gasteiger charge is 2.53. The van der Waals surface area contributed by atoms with Crippen LogP contribution in [0.4, 0.5) is 0 Å². The Morgan fingerprint density at radius 1 is 1.11 bits per heavy atom. The van der Waals surface area contributed by atoms with Gasteiger partial charge in [-0.05, 0) is 58.8 Å². The summed E-state index contributed by atoms with van der Waals surface area (Å²) in [5.41, 5.74) is 5.49. The molecule has 2 heteroatoms. The van der Waals surface area contributed by atoms with Gasteiger partial charge in [0, 0.05) is 11.5 Å². The van der Waals surface area contributed by atoms with Gasteiger partial charge in [-0.15, -0.1) is 0 Å². The average Bonchev–Trinajstić information content (AvgIpc) is 3.25. The third-order valence-electron chi connectivity index (χ3n) is 6.01. The smallest absolute Gasteiger partial charge is 0.328 e. The maximum Gasteiger partial charge on any atom is 0.328 e. The maximum absolute atomic E-state index is 10.9. The fourth-order valence-corrected chi connectivity index (χ4v) is 4.09. The van der Waals surface area contributed by atoms with Crippen molar-refractivity contribution < 1.29 is 9.90 Å². The van der Waals surface area contributed by atoms with Crippen LogP contribution in [0, 0.1) is 5.92 Å². The Morgan fingerprint density at radius 3 is 2.07 bits per heavy atom. The molecule has 0 bridgehead atoms. The Kier molecular flexibility index (Phi) is 6.33. The van der Waals surface area contributed by atoms with Crippen molar-refractivity contribution in [1.29, 1.82) is 0 Å². The molecular weight excluding hydrogens is 344 g/mol. The number of carbonyl (C=O) groups is 1. The zero-order valence-electron chi connectivity index (χ0n) is 19.0. The van der Waals surface area contributed by atoms with Gasteiger partial charge in [-0.2, -0.15) is 0 Å². The van der Waals surface area contributed by atoms with E-state index in [-0.39, 0.29) is 16.2 Å². The van der Waals surface area contributed by atoms with E-state index in [1.54, 1.807) is 0 Å². The van der Waals surface area contributed by atoms with Gasteiger partial charge in [0.2, 0.25) is 0 Å². The molecule has 2 rings (SSSR count). The summed E-state index contributed by atoms with van der Waals surface area (Å²) in [7, 11) is 0. The molecule has 1 saturated carbocycles. The van der Waals surface area contributed by atoms with Crippen molar-refractivity contribution in [2.75, 3.05) is 0 Å². The maximum atomic E-state index is 10.9. The summed E-state index contributed by atoms with van der Waals surface area (Å²) in [5, 5.41) is 8.93. The number of rotatable bonds is 6. The average molecular weight is 383 g/mol. The van der Waals surface area contributed by atoms with Crippen LogP contribution in [0.1, 0.15) is 91.3 Å². The second-order valence-electron chi connectivity index (χ2n) is 10.6. The minimum atomic E-state index is -0.884. The minimum absolute atomic E-state index is 0.116. The summed E-state index contributed by atoms with van der Waals surface area (Å²) in [6.07, 6.45) is 8.95. The van der Waals surface area contributed by atoms with E-state index in [1.165, 1.54) is 29.2 Å². The normalized spacial score (nSPS) is 23.3. The Labute approximate surface area is 171 Å². The second-order valence-corrected chi connectivity index (χ2v) is 10.6. The molecule has 2 atom stereocenters. The van der Waals surface area contributed by atoms with Crippen LogP contribution in [0.2, 0.25) is 0 Å². The lowest BCUT2D eigenvalue weighted by atomic mass is 9.76. The van der Waals surface area contributed by atoms with Crippen LogP contribution in [-0.2, 0) is 21.0 Å². The SMILES string of the molecule is CCC[C@]1(c2cc(C(C)(C)C)cc(C(C)(C)C)c2)C[C@H]1/C=C/C(C)=C/C(=O)O. The predicted molar refractivity (Wildman–Crippen MR) is 119 cm³/mol. The van der Waals surface area contributed by atoms with Crippen LogP contribution < -0.4 is 0 Å². The largest absolute Gasteiger partial charge is 0.478 e. The van der Waals surface area contributed by atoms with Crippen molar-refractivity contribution in [2.24, 2.45) is 5.92 Å². The van der Waals surface area contributed by atoms with Gasteiger partial charge in [-0.1, -0.05) is 85.2 Å². The van der Waals surface area contributed by atoms with Crippen molar-refractivity contribution in [1.82, 2.24) is 0 Å². The van der Waals surface area contributed by atoms with E-state index >= 15 is 0 Å². The molecule has 0 aliphatic heterocycles. The molecule has 1 N–H and O–H groups in total. The first-order chi connectivity index (χ1) is 12.8. The first-order valence-electron chi connectivity index (χ1n) is 10.6. The third-order valence-corrected chi connectivity index (χ3v) is 6.01. The molecule has 0 unspecified atom stereocenters. The lowest BCUT2D eigenvalue weighted by molar-refractivity contribution is -0.131. The molecule has 28 heavy (non-hydrogen) atoms. The summed E-state index contributed by atoms with van der Waals surface area (Å²) >= 11 is 0. The monoisotopic (exact) mass is 382 g/mol. The van der Waals surface area contributed by atoms with Crippen molar-refractivity contribution in [3.05, 3.63) is 58.7 Å². The van der Waals surface area contributed by atoms with E-state index < -0.39 is 5.97 Å². The first-order valence-corrected chi connectivity index (χ1v) is 10.6. The quantitative estimate of drug-likeness (QED) is 0.428. The van der Waals surface area contributed by atoms with E-state index in [0.29, 0.717) is 5.92 Å². The molecule has 154 valence electrons. The van der Waals surface area contributed by atoms with Gasteiger partial charge < -0.3 is 5.11 Å². The third kappa shape index (κ3) is 5.16. The Balaban J connectivity index is 2.47. The predicted octanol–water partition coefficient (Wildman–Crippen LogP) is 6.93. The van der Waals surface area contributed by atoms with E-state index in [2.05, 4.69) is 72.7 Å². The summed E-state index contributed by atoms with van der Waals surface area (Å²) in [4.78, 5) is 10.9. The molecule has 0 aromatic heterocycles.